The lowest BCUT2D eigenvalue weighted by molar-refractivity contribution is -0.116. The first kappa shape index (κ1) is 16.3. The van der Waals surface area contributed by atoms with Crippen molar-refractivity contribution in [3.05, 3.63) is 30.1 Å². The number of carbonyl (C=O) groups is 1. The molecule has 1 amide bonds. The van der Waals surface area contributed by atoms with Gasteiger partial charge in [-0.15, -0.1) is 0 Å². The first-order valence-corrected chi connectivity index (χ1v) is 7.71. The van der Waals surface area contributed by atoms with Crippen molar-refractivity contribution in [2.24, 2.45) is 5.92 Å². The lowest BCUT2D eigenvalue weighted by Crippen LogP contribution is -2.20. The van der Waals surface area contributed by atoms with Gasteiger partial charge < -0.3 is 9.88 Å². The smallest absolute Gasteiger partial charge is 0.244 e. The lowest BCUT2D eigenvalue weighted by Gasteiger charge is -2.15. The molecule has 0 fully saturated rings. The van der Waals surface area contributed by atoms with E-state index in [-0.39, 0.29) is 12.5 Å². The summed E-state index contributed by atoms with van der Waals surface area (Å²) in [6.07, 6.45) is 5.25. The van der Waals surface area contributed by atoms with Crippen molar-refractivity contribution in [3.63, 3.8) is 0 Å². The van der Waals surface area contributed by atoms with Gasteiger partial charge in [0.05, 0.1) is 17.6 Å². The van der Waals surface area contributed by atoms with Crippen molar-refractivity contribution in [2.75, 3.05) is 5.32 Å². The zero-order valence-electron chi connectivity index (χ0n) is 14.0. The molecular formula is C16H25N5O. The number of anilines is 1. The molecule has 1 N–H and O–H groups in total. The summed E-state index contributed by atoms with van der Waals surface area (Å²) in [6, 6.07) is 0. The number of hydrogen-bond donors (Lipinski definition) is 1. The van der Waals surface area contributed by atoms with Gasteiger partial charge in [-0.05, 0) is 18.8 Å². The predicted octanol–water partition coefficient (Wildman–Crippen LogP) is 2.81. The van der Waals surface area contributed by atoms with E-state index in [9.17, 15) is 4.79 Å². The summed E-state index contributed by atoms with van der Waals surface area (Å²) >= 11 is 0. The second-order valence-electron chi connectivity index (χ2n) is 6.32. The molecule has 0 saturated heterocycles. The van der Waals surface area contributed by atoms with E-state index in [0.717, 1.165) is 23.8 Å². The third kappa shape index (κ3) is 3.75. The molecule has 0 aliphatic carbocycles. The van der Waals surface area contributed by atoms with Crippen LogP contribution in [0.5, 0.6) is 0 Å². The van der Waals surface area contributed by atoms with Crippen LogP contribution in [-0.2, 0) is 17.9 Å². The molecule has 0 radical (unpaired) electrons. The van der Waals surface area contributed by atoms with Crippen LogP contribution in [0.1, 0.15) is 45.1 Å². The van der Waals surface area contributed by atoms with Gasteiger partial charge in [0.1, 0.15) is 12.4 Å². The molecular weight excluding hydrogens is 278 g/mol. The van der Waals surface area contributed by atoms with E-state index in [0.29, 0.717) is 11.8 Å². The van der Waals surface area contributed by atoms with Gasteiger partial charge in [-0.25, -0.2) is 4.98 Å². The molecule has 0 bridgehead atoms. The maximum atomic E-state index is 12.2. The van der Waals surface area contributed by atoms with Crippen molar-refractivity contribution >= 4 is 11.6 Å². The summed E-state index contributed by atoms with van der Waals surface area (Å²) < 4.78 is 3.82. The Morgan fingerprint density at radius 2 is 2.05 bits per heavy atom. The van der Waals surface area contributed by atoms with Crippen LogP contribution in [0.15, 0.2) is 18.6 Å². The van der Waals surface area contributed by atoms with E-state index < -0.39 is 0 Å². The molecule has 0 aliphatic heterocycles. The highest BCUT2D eigenvalue weighted by Crippen LogP contribution is 2.24. The molecule has 2 aromatic rings. The lowest BCUT2D eigenvalue weighted by atomic mass is 10.1. The van der Waals surface area contributed by atoms with Gasteiger partial charge in [0.2, 0.25) is 5.91 Å². The van der Waals surface area contributed by atoms with E-state index in [1.807, 2.05) is 16.2 Å². The van der Waals surface area contributed by atoms with Gasteiger partial charge in [0.25, 0.3) is 0 Å². The highest BCUT2D eigenvalue weighted by Gasteiger charge is 2.17. The molecule has 0 atom stereocenters. The van der Waals surface area contributed by atoms with E-state index in [4.69, 9.17) is 0 Å². The molecule has 2 heterocycles. The highest BCUT2D eigenvalue weighted by atomic mass is 16.2. The Kier molecular flexibility index (Phi) is 5.00. The topological polar surface area (TPSA) is 64.7 Å². The Morgan fingerprint density at radius 1 is 1.32 bits per heavy atom. The fraction of sp³-hybridized carbons (Fsp3) is 0.562. The van der Waals surface area contributed by atoms with Crippen molar-refractivity contribution in [1.29, 1.82) is 0 Å². The van der Waals surface area contributed by atoms with Crippen LogP contribution in [0.25, 0.3) is 0 Å². The molecule has 0 unspecified atom stereocenters. The van der Waals surface area contributed by atoms with Gasteiger partial charge in [-0.2, -0.15) is 5.10 Å². The average Bonchev–Trinajstić information content (AvgIpc) is 2.96. The average molecular weight is 303 g/mol. The van der Waals surface area contributed by atoms with Crippen molar-refractivity contribution < 1.29 is 4.79 Å². The summed E-state index contributed by atoms with van der Waals surface area (Å²) in [5.41, 5.74) is 1.88. The number of nitrogens with one attached hydrogen (secondary N) is 1. The predicted molar refractivity (Wildman–Crippen MR) is 86.7 cm³/mol. The summed E-state index contributed by atoms with van der Waals surface area (Å²) in [5.74, 6) is 1.57. The van der Waals surface area contributed by atoms with Crippen molar-refractivity contribution in [2.45, 2.75) is 53.6 Å². The van der Waals surface area contributed by atoms with Crippen LogP contribution < -0.4 is 5.32 Å². The number of amides is 1. The van der Waals surface area contributed by atoms with Crippen molar-refractivity contribution in [3.8, 4) is 0 Å². The van der Waals surface area contributed by atoms with E-state index in [1.54, 1.807) is 18.6 Å². The van der Waals surface area contributed by atoms with Crippen LogP contribution in [0.4, 0.5) is 5.69 Å². The Bertz CT molecular complexity index is 639. The minimum Gasteiger partial charge on any atom is -0.326 e. The molecule has 6 heteroatoms. The van der Waals surface area contributed by atoms with Crippen molar-refractivity contribution in [1.82, 2.24) is 19.3 Å². The zero-order valence-corrected chi connectivity index (χ0v) is 14.0. The second-order valence-corrected chi connectivity index (χ2v) is 6.32. The Labute approximate surface area is 131 Å². The third-order valence-corrected chi connectivity index (χ3v) is 3.48. The van der Waals surface area contributed by atoms with E-state index in [2.05, 4.69) is 43.1 Å². The molecule has 2 aromatic heterocycles. The molecule has 22 heavy (non-hydrogen) atoms. The molecule has 0 spiro atoms. The SMILES string of the molecule is Cc1nccn1CC(=O)Nc1cnn(CC(C)C)c1C(C)C. The maximum absolute atomic E-state index is 12.2. The number of aryl methyl sites for hydroxylation is 1. The zero-order chi connectivity index (χ0) is 16.3. The molecule has 0 aliphatic rings. The monoisotopic (exact) mass is 303 g/mol. The van der Waals surface area contributed by atoms with E-state index in [1.165, 1.54) is 0 Å². The van der Waals surface area contributed by atoms with Gasteiger partial charge in [-0.1, -0.05) is 27.7 Å². The van der Waals surface area contributed by atoms with Gasteiger partial charge in [0.15, 0.2) is 0 Å². The first-order chi connectivity index (χ1) is 10.4. The fourth-order valence-electron chi connectivity index (χ4n) is 2.51. The van der Waals surface area contributed by atoms with Crippen LogP contribution in [0.3, 0.4) is 0 Å². The van der Waals surface area contributed by atoms with Crippen LogP contribution in [-0.4, -0.2) is 25.2 Å². The maximum Gasteiger partial charge on any atom is 0.244 e. The molecule has 2 rings (SSSR count). The first-order valence-electron chi connectivity index (χ1n) is 7.71. The standard InChI is InChI=1S/C16H25N5O/c1-11(2)9-21-16(12(3)4)14(8-18-21)19-15(22)10-20-7-6-17-13(20)5/h6-8,11-12H,9-10H2,1-5H3,(H,19,22). The Balaban J connectivity index is 2.13. The molecule has 120 valence electrons. The van der Waals surface area contributed by atoms with E-state index >= 15 is 0 Å². The van der Waals surface area contributed by atoms with Gasteiger partial charge >= 0.3 is 0 Å². The summed E-state index contributed by atoms with van der Waals surface area (Å²) in [7, 11) is 0. The van der Waals surface area contributed by atoms with Crippen LogP contribution in [0.2, 0.25) is 0 Å². The molecule has 0 aromatic carbocycles. The number of imidazole rings is 1. The molecule has 0 saturated carbocycles. The largest absolute Gasteiger partial charge is 0.326 e. The minimum atomic E-state index is -0.0629. The Hall–Kier alpha value is -2.11. The number of nitrogens with zero attached hydrogens (tertiary/aromatic N) is 4. The number of hydrogen-bond acceptors (Lipinski definition) is 3. The van der Waals surface area contributed by atoms with Gasteiger partial charge in [0, 0.05) is 18.9 Å². The highest BCUT2D eigenvalue weighted by molar-refractivity contribution is 5.91. The van der Waals surface area contributed by atoms with Crippen LogP contribution >= 0.6 is 0 Å². The second kappa shape index (κ2) is 6.77. The minimum absolute atomic E-state index is 0.0629. The molecule has 6 nitrogen and oxygen atoms in total. The summed E-state index contributed by atoms with van der Waals surface area (Å²) in [4.78, 5) is 16.4. The normalized spacial score (nSPS) is 11.4. The third-order valence-electron chi connectivity index (χ3n) is 3.48. The number of rotatable bonds is 6. The van der Waals surface area contributed by atoms with Gasteiger partial charge in [-0.3, -0.25) is 9.48 Å². The Morgan fingerprint density at radius 3 is 2.59 bits per heavy atom. The quantitative estimate of drug-likeness (QED) is 0.892. The summed E-state index contributed by atoms with van der Waals surface area (Å²) in [5, 5.41) is 7.41. The number of carbonyl (C=O) groups excluding carboxylic acids is 1. The van der Waals surface area contributed by atoms with Crippen LogP contribution in [0, 0.1) is 12.8 Å². The summed E-state index contributed by atoms with van der Waals surface area (Å²) in [6.45, 7) is 11.5. The fourth-order valence-corrected chi connectivity index (χ4v) is 2.51. The number of aromatic nitrogens is 4.